The molecule has 0 bridgehead atoms. The normalized spacial score (nSPS) is 12.1. The van der Waals surface area contributed by atoms with Crippen molar-refractivity contribution in [1.82, 2.24) is 20.2 Å². The fraction of sp³-hybridized carbons (Fsp3) is 0.235. The molecule has 136 valence electrons. The molecule has 2 heterocycles. The van der Waals surface area contributed by atoms with Crippen LogP contribution in [-0.2, 0) is 11.2 Å². The van der Waals surface area contributed by atoms with E-state index in [1.54, 1.807) is 30.5 Å². The summed E-state index contributed by atoms with van der Waals surface area (Å²) in [6, 6.07) is 9.45. The number of halogens is 1. The quantitative estimate of drug-likeness (QED) is 0.486. The number of amides is 1. The third-order valence-electron chi connectivity index (χ3n) is 3.69. The van der Waals surface area contributed by atoms with Gasteiger partial charge in [-0.3, -0.25) is 4.79 Å². The van der Waals surface area contributed by atoms with E-state index in [0.29, 0.717) is 23.2 Å². The second-order valence-corrected chi connectivity index (χ2v) is 6.61. The lowest BCUT2D eigenvalue weighted by molar-refractivity contribution is -0.119. The maximum Gasteiger partial charge on any atom is 0.231 e. The molecule has 1 atom stereocenters. The second kappa shape index (κ2) is 8.05. The molecule has 0 aliphatic rings. The minimum absolute atomic E-state index is 0.150. The highest BCUT2D eigenvalue weighted by Crippen LogP contribution is 2.17. The van der Waals surface area contributed by atoms with Gasteiger partial charge in [0.1, 0.15) is 11.6 Å². The first-order valence-corrected chi connectivity index (χ1v) is 8.91. The molecule has 0 spiro atoms. The number of nitrogen functional groups attached to an aromatic ring is 1. The fourth-order valence-electron chi connectivity index (χ4n) is 2.33. The van der Waals surface area contributed by atoms with Crippen molar-refractivity contribution >= 4 is 17.7 Å². The highest BCUT2D eigenvalue weighted by molar-refractivity contribution is 7.99. The average Bonchev–Trinajstić information content (AvgIpc) is 3.27. The van der Waals surface area contributed by atoms with Crippen LogP contribution >= 0.6 is 11.8 Å². The van der Waals surface area contributed by atoms with Crippen LogP contribution in [0.15, 0.2) is 52.2 Å². The minimum Gasteiger partial charge on any atom is -0.467 e. The molecule has 3 aromatic rings. The van der Waals surface area contributed by atoms with Gasteiger partial charge in [-0.1, -0.05) is 23.9 Å². The van der Waals surface area contributed by atoms with Gasteiger partial charge >= 0.3 is 0 Å². The molecular formula is C17H18FN5O2S. The van der Waals surface area contributed by atoms with Crippen LogP contribution in [0.5, 0.6) is 0 Å². The third kappa shape index (κ3) is 4.42. The van der Waals surface area contributed by atoms with Crippen LogP contribution in [0.1, 0.15) is 30.1 Å². The van der Waals surface area contributed by atoms with E-state index in [1.807, 2.05) is 6.92 Å². The number of hydrogen-bond acceptors (Lipinski definition) is 6. The van der Waals surface area contributed by atoms with Crippen molar-refractivity contribution in [3.05, 3.63) is 65.6 Å². The van der Waals surface area contributed by atoms with E-state index in [9.17, 15) is 9.18 Å². The number of aromatic nitrogens is 3. The Hall–Kier alpha value is -2.81. The molecule has 9 heteroatoms. The molecule has 7 nitrogen and oxygen atoms in total. The Kier molecular flexibility index (Phi) is 5.57. The van der Waals surface area contributed by atoms with E-state index >= 15 is 0 Å². The molecule has 3 N–H and O–H groups in total. The monoisotopic (exact) mass is 375 g/mol. The zero-order chi connectivity index (χ0) is 18.5. The van der Waals surface area contributed by atoms with Crippen LogP contribution in [0, 0.1) is 5.82 Å². The summed E-state index contributed by atoms with van der Waals surface area (Å²) in [6.45, 7) is 1.84. The first kappa shape index (κ1) is 18.0. The van der Waals surface area contributed by atoms with Gasteiger partial charge in [0.15, 0.2) is 5.82 Å². The summed E-state index contributed by atoms with van der Waals surface area (Å²) in [5, 5.41) is 11.3. The molecule has 1 aromatic carbocycles. The predicted molar refractivity (Wildman–Crippen MR) is 95.4 cm³/mol. The van der Waals surface area contributed by atoms with Gasteiger partial charge in [-0.15, -0.1) is 10.2 Å². The van der Waals surface area contributed by atoms with Gasteiger partial charge in [0, 0.05) is 6.42 Å². The number of carbonyl (C=O) groups excluding carboxylic acids is 1. The van der Waals surface area contributed by atoms with Crippen molar-refractivity contribution in [3.63, 3.8) is 0 Å². The standard InChI is InChI=1S/C17H18FN5O2S/c1-11(14-3-2-8-25-14)20-16(24)10-26-17-22-21-15(23(17)19)9-12-4-6-13(18)7-5-12/h2-8,11H,9-10,19H2,1H3,(H,20,24)/t11-/m0/s1. The highest BCUT2D eigenvalue weighted by atomic mass is 32.2. The molecule has 0 unspecified atom stereocenters. The number of benzene rings is 1. The molecule has 0 radical (unpaired) electrons. The van der Waals surface area contributed by atoms with Gasteiger partial charge < -0.3 is 15.6 Å². The number of hydrogen-bond donors (Lipinski definition) is 2. The number of nitrogens with two attached hydrogens (primary N) is 1. The zero-order valence-electron chi connectivity index (χ0n) is 14.1. The summed E-state index contributed by atoms with van der Waals surface area (Å²) < 4.78 is 19.6. The molecule has 3 rings (SSSR count). The number of rotatable bonds is 7. The van der Waals surface area contributed by atoms with E-state index in [4.69, 9.17) is 10.3 Å². The molecule has 0 saturated carbocycles. The molecule has 0 saturated heterocycles. The molecule has 2 aromatic heterocycles. The Morgan fingerprint density at radius 3 is 2.81 bits per heavy atom. The van der Waals surface area contributed by atoms with Crippen LogP contribution in [0.3, 0.4) is 0 Å². The number of nitrogens with zero attached hydrogens (tertiary/aromatic N) is 3. The fourth-order valence-corrected chi connectivity index (χ4v) is 3.02. The number of thioether (sulfide) groups is 1. The smallest absolute Gasteiger partial charge is 0.231 e. The van der Waals surface area contributed by atoms with E-state index in [-0.39, 0.29) is 23.5 Å². The molecular weight excluding hydrogens is 357 g/mol. The van der Waals surface area contributed by atoms with Gasteiger partial charge in [-0.05, 0) is 36.8 Å². The lowest BCUT2D eigenvalue weighted by Gasteiger charge is -2.11. The third-order valence-corrected chi connectivity index (χ3v) is 4.63. The van der Waals surface area contributed by atoms with E-state index in [2.05, 4.69) is 15.5 Å². The van der Waals surface area contributed by atoms with Crippen molar-refractivity contribution in [3.8, 4) is 0 Å². The Bertz CT molecular complexity index is 864. The zero-order valence-corrected chi connectivity index (χ0v) is 14.9. The van der Waals surface area contributed by atoms with Gasteiger partial charge in [-0.2, -0.15) is 0 Å². The van der Waals surface area contributed by atoms with Gasteiger partial charge in [-0.25, -0.2) is 9.07 Å². The maximum atomic E-state index is 13.0. The highest BCUT2D eigenvalue weighted by Gasteiger charge is 2.15. The molecule has 0 aliphatic heterocycles. The van der Waals surface area contributed by atoms with Crippen molar-refractivity contribution in [2.24, 2.45) is 0 Å². The van der Waals surface area contributed by atoms with Gasteiger partial charge in [0.25, 0.3) is 0 Å². The molecule has 1 amide bonds. The number of nitrogens with one attached hydrogen (secondary N) is 1. The summed E-state index contributed by atoms with van der Waals surface area (Å²) >= 11 is 1.19. The molecule has 26 heavy (non-hydrogen) atoms. The van der Waals surface area contributed by atoms with Crippen LogP contribution in [0.4, 0.5) is 4.39 Å². The predicted octanol–water partition coefficient (Wildman–Crippen LogP) is 2.28. The maximum absolute atomic E-state index is 13.0. The van der Waals surface area contributed by atoms with Crippen molar-refractivity contribution < 1.29 is 13.6 Å². The Balaban J connectivity index is 1.54. The first-order chi connectivity index (χ1) is 12.5. The van der Waals surface area contributed by atoms with E-state index in [1.165, 1.54) is 28.6 Å². The minimum atomic E-state index is -0.297. The van der Waals surface area contributed by atoms with Crippen molar-refractivity contribution in [2.45, 2.75) is 24.5 Å². The average molecular weight is 375 g/mol. The number of carbonyl (C=O) groups is 1. The summed E-state index contributed by atoms with van der Waals surface area (Å²) in [7, 11) is 0. The molecule has 0 fully saturated rings. The Morgan fingerprint density at radius 1 is 1.35 bits per heavy atom. The second-order valence-electron chi connectivity index (χ2n) is 5.67. The van der Waals surface area contributed by atoms with E-state index < -0.39 is 0 Å². The SMILES string of the molecule is C[C@H](NC(=O)CSc1nnc(Cc2ccc(F)cc2)n1N)c1ccco1. The lowest BCUT2D eigenvalue weighted by Crippen LogP contribution is -2.28. The van der Waals surface area contributed by atoms with Gasteiger partial charge in [0.05, 0.1) is 18.1 Å². The first-order valence-electron chi connectivity index (χ1n) is 7.92. The topological polar surface area (TPSA) is 99.0 Å². The Morgan fingerprint density at radius 2 is 2.12 bits per heavy atom. The summed E-state index contributed by atoms with van der Waals surface area (Å²) in [4.78, 5) is 12.1. The summed E-state index contributed by atoms with van der Waals surface area (Å²) in [5.74, 6) is 6.90. The lowest BCUT2D eigenvalue weighted by atomic mass is 10.1. The molecule has 0 aliphatic carbocycles. The Labute approximate surface area is 153 Å². The van der Waals surface area contributed by atoms with Crippen molar-refractivity contribution in [2.75, 3.05) is 11.6 Å². The number of furan rings is 1. The summed E-state index contributed by atoms with van der Waals surface area (Å²) in [5.41, 5.74) is 0.868. The van der Waals surface area contributed by atoms with Crippen LogP contribution in [0.2, 0.25) is 0 Å². The summed E-state index contributed by atoms with van der Waals surface area (Å²) in [6.07, 6.45) is 1.98. The van der Waals surface area contributed by atoms with Crippen molar-refractivity contribution in [1.29, 1.82) is 0 Å². The van der Waals surface area contributed by atoms with Crippen LogP contribution in [0.25, 0.3) is 0 Å². The van der Waals surface area contributed by atoms with Crippen LogP contribution in [-0.4, -0.2) is 26.5 Å². The van der Waals surface area contributed by atoms with E-state index in [0.717, 1.165) is 5.56 Å². The largest absolute Gasteiger partial charge is 0.467 e. The van der Waals surface area contributed by atoms with Crippen LogP contribution < -0.4 is 11.2 Å². The van der Waals surface area contributed by atoms with Gasteiger partial charge in [0.2, 0.25) is 11.1 Å².